The maximum absolute atomic E-state index is 11.9. The first-order chi connectivity index (χ1) is 25.3. The third kappa shape index (κ3) is 22.4. The Morgan fingerprint density at radius 3 is 1.87 bits per heavy atom. The fraction of sp³-hybridized carbons (Fsp3) is 0.844. The van der Waals surface area contributed by atoms with Gasteiger partial charge in [0.25, 0.3) is 0 Å². The topological polar surface area (TPSA) is 96.5 Å². The smallest absolute Gasteiger partial charge is 0.303 e. The highest BCUT2D eigenvalue weighted by molar-refractivity contribution is 7.99. The first-order valence-electron chi connectivity index (χ1n) is 21.8. The number of carbonyl (C=O) groups is 3. The second kappa shape index (κ2) is 27.7. The van der Waals surface area contributed by atoms with Gasteiger partial charge in [0.1, 0.15) is 11.4 Å². The number of unbranched alkanes of at least 4 members (excludes halogenated alkanes) is 10. The minimum absolute atomic E-state index is 0.225. The Balaban J connectivity index is 0.000000641. The highest BCUT2D eigenvalue weighted by atomic mass is 32.2. The molecule has 1 amide bonds. The number of Topliss-reactive ketones (excluding diaryl/α,β-unsaturated/α-hetero) is 1. The number of hydrazine groups is 1. The standard InChI is InChI=1S/C29H49N3O2S.C10H22.C6H12O2/c1-3-15-27(29(30-23-33)22-25(29)4-2)31-32-35-28(20-21-28)19-13-11-9-7-5-6-8-10-12-18-26(34)24-16-14-17-24;1-4-6-8-10(3)9-7-5-2;1-5(7)8-6(2,3)4/h4,15,23-25,31-32H,2-3,5-14,16-22H2,1H3,(H,30,33);10H,4-9H2,1-3H3;1-4H3/b27-15+;;. The number of ether oxygens (including phenoxy) is 1. The van der Waals surface area contributed by atoms with Gasteiger partial charge in [-0.1, -0.05) is 148 Å². The van der Waals surface area contributed by atoms with Crippen LogP contribution < -0.4 is 15.6 Å². The Bertz CT molecular complexity index is 1040. The van der Waals surface area contributed by atoms with Gasteiger partial charge in [0, 0.05) is 35.6 Å². The van der Waals surface area contributed by atoms with E-state index in [-0.39, 0.29) is 17.1 Å². The summed E-state index contributed by atoms with van der Waals surface area (Å²) in [6, 6.07) is 0. The lowest BCUT2D eigenvalue weighted by atomic mass is 9.80. The van der Waals surface area contributed by atoms with Crippen LogP contribution in [0.25, 0.3) is 0 Å². The van der Waals surface area contributed by atoms with Crippen molar-refractivity contribution in [1.29, 1.82) is 0 Å². The van der Waals surface area contributed by atoms with E-state index in [1.807, 2.05) is 38.8 Å². The van der Waals surface area contributed by atoms with Gasteiger partial charge in [-0.2, -0.15) is 4.83 Å². The largest absolute Gasteiger partial charge is 0.460 e. The van der Waals surface area contributed by atoms with Gasteiger partial charge < -0.3 is 15.5 Å². The minimum Gasteiger partial charge on any atom is -0.460 e. The quantitative estimate of drug-likeness (QED) is 0.0182. The summed E-state index contributed by atoms with van der Waals surface area (Å²) in [5.41, 5.74) is 3.84. The molecule has 3 rings (SSSR count). The number of amides is 1. The molecule has 0 spiro atoms. The number of nitrogens with one attached hydrogen (secondary N) is 3. The van der Waals surface area contributed by atoms with Crippen molar-refractivity contribution in [1.82, 2.24) is 15.6 Å². The first-order valence-corrected chi connectivity index (χ1v) is 22.6. The lowest BCUT2D eigenvalue weighted by Gasteiger charge is -2.24. The van der Waals surface area contributed by atoms with E-state index in [4.69, 9.17) is 4.74 Å². The lowest BCUT2D eigenvalue weighted by Crippen LogP contribution is -2.43. The lowest BCUT2D eigenvalue weighted by molar-refractivity contribution is -0.151. The zero-order chi connectivity index (χ0) is 39.6. The van der Waals surface area contributed by atoms with E-state index < -0.39 is 0 Å². The van der Waals surface area contributed by atoms with Crippen LogP contribution in [0.15, 0.2) is 24.4 Å². The monoisotopic (exact) mass is 762 g/mol. The van der Waals surface area contributed by atoms with Crippen LogP contribution >= 0.6 is 11.9 Å². The van der Waals surface area contributed by atoms with Gasteiger partial charge in [-0.15, -0.1) is 6.58 Å². The normalized spacial score (nSPS) is 20.2. The Morgan fingerprint density at radius 1 is 0.906 bits per heavy atom. The Hall–Kier alpha value is -1.80. The molecule has 0 radical (unpaired) electrons. The minimum atomic E-state index is -0.328. The molecule has 0 aromatic rings. The number of esters is 1. The molecular weight excluding hydrogens is 679 g/mol. The summed E-state index contributed by atoms with van der Waals surface area (Å²) < 4.78 is 5.18. The van der Waals surface area contributed by atoms with Crippen molar-refractivity contribution >= 4 is 30.1 Å². The third-order valence-electron chi connectivity index (χ3n) is 10.9. The fourth-order valence-corrected chi connectivity index (χ4v) is 8.04. The summed E-state index contributed by atoms with van der Waals surface area (Å²) in [4.78, 5) is 36.7. The molecule has 3 N–H and O–H groups in total. The predicted octanol–water partition coefficient (Wildman–Crippen LogP) is 12.3. The van der Waals surface area contributed by atoms with Gasteiger partial charge >= 0.3 is 5.97 Å². The average Bonchev–Trinajstić information content (AvgIpc) is 4.00. The summed E-state index contributed by atoms with van der Waals surface area (Å²) in [6.45, 7) is 19.9. The van der Waals surface area contributed by atoms with Crippen LogP contribution in [-0.4, -0.2) is 34.0 Å². The van der Waals surface area contributed by atoms with Crippen molar-refractivity contribution in [3.8, 4) is 0 Å². The van der Waals surface area contributed by atoms with Gasteiger partial charge in [-0.05, 0) is 78.1 Å². The summed E-state index contributed by atoms with van der Waals surface area (Å²) >= 11 is 1.84. The molecular formula is C45H83N3O4S. The van der Waals surface area contributed by atoms with E-state index in [1.54, 1.807) is 0 Å². The molecule has 3 aliphatic rings. The zero-order valence-corrected chi connectivity index (χ0v) is 36.5. The van der Waals surface area contributed by atoms with Crippen molar-refractivity contribution in [3.63, 3.8) is 0 Å². The molecule has 0 bridgehead atoms. The molecule has 3 aliphatic carbocycles. The third-order valence-corrected chi connectivity index (χ3v) is 12.2. The van der Waals surface area contributed by atoms with Crippen LogP contribution in [0.1, 0.15) is 209 Å². The number of rotatable bonds is 28. The van der Waals surface area contributed by atoms with Gasteiger partial charge in [0.15, 0.2) is 0 Å². The molecule has 7 nitrogen and oxygen atoms in total. The van der Waals surface area contributed by atoms with Crippen molar-refractivity contribution in [3.05, 3.63) is 24.4 Å². The number of hydrogen-bond acceptors (Lipinski definition) is 7. The van der Waals surface area contributed by atoms with Gasteiger partial charge in [-0.25, -0.2) is 0 Å². The summed E-state index contributed by atoms with van der Waals surface area (Å²) in [6.07, 6.45) is 35.1. The fourth-order valence-electron chi connectivity index (χ4n) is 7.11. The van der Waals surface area contributed by atoms with E-state index in [2.05, 4.69) is 55.9 Å². The predicted molar refractivity (Wildman–Crippen MR) is 227 cm³/mol. The summed E-state index contributed by atoms with van der Waals surface area (Å²) in [5, 5.41) is 3.02. The molecule has 308 valence electrons. The van der Waals surface area contributed by atoms with Crippen molar-refractivity contribution in [2.45, 2.75) is 225 Å². The summed E-state index contributed by atoms with van der Waals surface area (Å²) in [7, 11) is 0. The highest BCUT2D eigenvalue weighted by Crippen LogP contribution is 2.51. The molecule has 2 atom stereocenters. The van der Waals surface area contributed by atoms with Gasteiger partial charge in [-0.3, -0.25) is 14.4 Å². The van der Waals surface area contributed by atoms with E-state index >= 15 is 0 Å². The summed E-state index contributed by atoms with van der Waals surface area (Å²) in [5.74, 6) is 2.00. The number of ketones is 1. The first kappa shape index (κ1) is 49.2. The molecule has 3 fully saturated rings. The van der Waals surface area contributed by atoms with Gasteiger partial charge in [0.05, 0.1) is 5.54 Å². The molecule has 2 unspecified atom stereocenters. The van der Waals surface area contributed by atoms with Gasteiger partial charge in [0.2, 0.25) is 6.41 Å². The van der Waals surface area contributed by atoms with Crippen molar-refractivity contribution in [2.75, 3.05) is 0 Å². The Labute approximate surface area is 331 Å². The molecule has 0 aliphatic heterocycles. The maximum Gasteiger partial charge on any atom is 0.303 e. The zero-order valence-electron chi connectivity index (χ0n) is 35.7. The number of carbonyl (C=O) groups excluding carboxylic acids is 3. The van der Waals surface area contributed by atoms with Crippen molar-refractivity contribution < 1.29 is 19.1 Å². The second-order valence-corrected chi connectivity index (χ2v) is 18.5. The van der Waals surface area contributed by atoms with Crippen LogP contribution in [0.4, 0.5) is 0 Å². The van der Waals surface area contributed by atoms with Crippen LogP contribution in [0, 0.1) is 17.8 Å². The molecule has 0 aromatic carbocycles. The van der Waals surface area contributed by atoms with E-state index in [0.717, 1.165) is 56.5 Å². The van der Waals surface area contributed by atoms with E-state index in [1.165, 1.54) is 122 Å². The number of allylic oxidation sites excluding steroid dienone is 1. The van der Waals surface area contributed by atoms with Crippen LogP contribution in [-0.2, 0) is 19.1 Å². The molecule has 0 heterocycles. The Morgan fingerprint density at radius 2 is 1.47 bits per heavy atom. The SMILES string of the molecule is C=CC1CC1(NC=O)/C(=C\CC)NNSC1(CCCCCCCCCCCC(=O)C2CCC2)CC1.CC(=O)OC(C)(C)C.CCCCC(C)CCCC. The number of hydrogen-bond donors (Lipinski definition) is 3. The molecule has 53 heavy (non-hydrogen) atoms. The molecule has 3 saturated carbocycles. The molecule has 8 heteroatoms. The van der Waals surface area contributed by atoms with E-state index in [0.29, 0.717) is 22.4 Å². The second-order valence-electron chi connectivity index (χ2n) is 17.2. The molecule has 0 aromatic heterocycles. The maximum atomic E-state index is 11.9. The van der Waals surface area contributed by atoms with E-state index in [9.17, 15) is 14.4 Å². The van der Waals surface area contributed by atoms with Crippen LogP contribution in [0.3, 0.4) is 0 Å². The molecule has 0 saturated heterocycles. The van der Waals surface area contributed by atoms with Crippen LogP contribution in [0.2, 0.25) is 0 Å². The van der Waals surface area contributed by atoms with Crippen LogP contribution in [0.5, 0.6) is 0 Å². The highest BCUT2D eigenvalue weighted by Gasteiger charge is 2.55. The Kier molecular flexibility index (Phi) is 25.8. The van der Waals surface area contributed by atoms with Crippen molar-refractivity contribution in [2.24, 2.45) is 17.8 Å². The average molecular weight is 762 g/mol.